The largest absolute Gasteiger partial charge is 0.462 e. The van der Waals surface area contributed by atoms with E-state index in [0.29, 0.717) is 12.8 Å². The van der Waals surface area contributed by atoms with Gasteiger partial charge in [-0.15, -0.1) is 0 Å². The van der Waals surface area contributed by atoms with E-state index in [1.165, 1.54) is 64.2 Å². The summed E-state index contributed by atoms with van der Waals surface area (Å²) in [7, 11) is 0. The molecule has 0 aromatic carbocycles. The van der Waals surface area contributed by atoms with Crippen LogP contribution in [0.15, 0.2) is 12.2 Å². The minimum Gasteiger partial charge on any atom is -0.462 e. The third-order valence-corrected chi connectivity index (χ3v) is 11.0. The summed E-state index contributed by atoms with van der Waals surface area (Å²) in [4.78, 5) is 25.5. The van der Waals surface area contributed by atoms with Crippen molar-refractivity contribution >= 4 is 11.9 Å². The molecule has 2 aliphatic rings. The highest BCUT2D eigenvalue weighted by Gasteiger charge is 2.47. The molecule has 15 heteroatoms. The van der Waals surface area contributed by atoms with Crippen LogP contribution in [-0.2, 0) is 38.0 Å². The van der Waals surface area contributed by atoms with E-state index in [4.69, 9.17) is 28.4 Å². The van der Waals surface area contributed by atoms with Gasteiger partial charge in [0.15, 0.2) is 18.7 Å². The Kier molecular flexibility index (Phi) is 29.8. The normalized spacial score (nSPS) is 27.9. The lowest BCUT2D eigenvalue weighted by atomic mass is 9.98. The van der Waals surface area contributed by atoms with Crippen LogP contribution < -0.4 is 0 Å². The Balaban J connectivity index is 1.86. The van der Waals surface area contributed by atoms with Crippen LogP contribution >= 0.6 is 0 Å². The summed E-state index contributed by atoms with van der Waals surface area (Å²) in [5.74, 6) is -0.934. The van der Waals surface area contributed by atoms with Crippen molar-refractivity contribution in [3.8, 4) is 0 Å². The van der Waals surface area contributed by atoms with Gasteiger partial charge in [-0.3, -0.25) is 9.59 Å². The van der Waals surface area contributed by atoms with E-state index in [2.05, 4.69) is 26.0 Å². The zero-order valence-corrected chi connectivity index (χ0v) is 36.0. The predicted octanol–water partition coefficient (Wildman–Crippen LogP) is 4.65. The van der Waals surface area contributed by atoms with Gasteiger partial charge in [0, 0.05) is 12.8 Å². The van der Waals surface area contributed by atoms with E-state index >= 15 is 0 Å². The van der Waals surface area contributed by atoms with Crippen molar-refractivity contribution in [2.75, 3.05) is 26.4 Å². The number of carbonyl (C=O) groups is 2. The number of rotatable bonds is 34. The van der Waals surface area contributed by atoms with Crippen molar-refractivity contribution in [1.82, 2.24) is 0 Å². The summed E-state index contributed by atoms with van der Waals surface area (Å²) < 4.78 is 33.4. The number of hydrogen-bond donors (Lipinski definition) is 7. The first-order valence-electron chi connectivity index (χ1n) is 22.8. The molecule has 0 aliphatic carbocycles. The minimum atomic E-state index is -1.76. The molecular formula is C44H80O15. The molecule has 0 aromatic rings. The second-order valence-corrected chi connectivity index (χ2v) is 16.2. The van der Waals surface area contributed by atoms with Crippen LogP contribution in [-0.4, -0.2) is 142 Å². The van der Waals surface area contributed by atoms with Gasteiger partial charge in [0.2, 0.25) is 0 Å². The smallest absolute Gasteiger partial charge is 0.306 e. The summed E-state index contributed by atoms with van der Waals surface area (Å²) >= 11 is 0. The molecule has 0 radical (unpaired) electrons. The lowest BCUT2D eigenvalue weighted by molar-refractivity contribution is -0.332. The van der Waals surface area contributed by atoms with Crippen molar-refractivity contribution in [3.05, 3.63) is 12.2 Å². The summed E-state index contributed by atoms with van der Waals surface area (Å²) in [6.07, 6.45) is 11.2. The third-order valence-electron chi connectivity index (χ3n) is 11.0. The summed E-state index contributed by atoms with van der Waals surface area (Å²) in [6.45, 7) is 2.53. The van der Waals surface area contributed by atoms with Crippen LogP contribution in [0.2, 0.25) is 0 Å². The van der Waals surface area contributed by atoms with Crippen molar-refractivity contribution in [1.29, 1.82) is 0 Å². The Morgan fingerprint density at radius 1 is 0.525 bits per heavy atom. The number of allylic oxidation sites excluding steroid dienone is 2. The molecule has 59 heavy (non-hydrogen) atoms. The fourth-order valence-electron chi connectivity index (χ4n) is 7.15. The molecule has 2 rings (SSSR count). The Morgan fingerprint density at radius 3 is 1.51 bits per heavy atom. The number of unbranched alkanes of at least 4 members (excludes halogenated alkanes) is 18. The molecular weight excluding hydrogens is 768 g/mol. The highest BCUT2D eigenvalue weighted by Crippen LogP contribution is 2.26. The Morgan fingerprint density at radius 2 is 0.966 bits per heavy atom. The first-order chi connectivity index (χ1) is 28.5. The van der Waals surface area contributed by atoms with Crippen molar-refractivity contribution in [2.45, 2.75) is 229 Å². The van der Waals surface area contributed by atoms with Gasteiger partial charge < -0.3 is 64.2 Å². The fourth-order valence-corrected chi connectivity index (χ4v) is 7.15. The molecule has 0 bridgehead atoms. The van der Waals surface area contributed by atoms with Crippen molar-refractivity contribution < 1.29 is 73.8 Å². The molecule has 346 valence electrons. The molecule has 0 spiro atoms. The molecule has 15 nitrogen and oxygen atoms in total. The SMILES string of the molecule is CCCCCC/C=C/CCCCCCCC(=O)OC[C@H](CO[C@@H]1O[C@H](CO[C@@H]2O[C@H](CO)[C@H](O)C(O)C2O)[C@H](O)C(O)C1O)OC(=O)CCCCCCCCCCCC. The van der Waals surface area contributed by atoms with E-state index in [1.807, 2.05) is 0 Å². The lowest BCUT2D eigenvalue weighted by Gasteiger charge is -2.42. The quantitative estimate of drug-likeness (QED) is 0.0266. The lowest BCUT2D eigenvalue weighted by Crippen LogP contribution is -2.61. The van der Waals surface area contributed by atoms with E-state index in [0.717, 1.165) is 57.8 Å². The Hall–Kier alpha value is -1.76. The third kappa shape index (κ3) is 22.2. The van der Waals surface area contributed by atoms with E-state index < -0.39 is 92.7 Å². The standard InChI is InChI=1S/C44H80O15/c1-3-5-7-9-11-13-15-16-17-19-20-22-24-26-35(46)54-29-32(57-36(47)27-25-23-21-18-14-12-10-8-6-4-2)30-55-43-42(53)40(51)38(49)34(59-43)31-56-44-41(52)39(50)37(48)33(28-45)58-44/h13,15,32-34,37-45,48-53H,3-12,14,16-31H2,1-2H3/b15-13+/t32-,33-,34-,37+,38+,39?,40?,41?,42?,43-,44-/m1/s1. The molecule has 0 amide bonds. The van der Waals surface area contributed by atoms with Crippen molar-refractivity contribution in [3.63, 3.8) is 0 Å². The number of aliphatic hydroxyl groups excluding tert-OH is 7. The molecule has 2 fully saturated rings. The fraction of sp³-hybridized carbons (Fsp3) is 0.909. The van der Waals surface area contributed by atoms with Crippen LogP contribution in [0.5, 0.6) is 0 Å². The topological polar surface area (TPSA) is 231 Å². The highest BCUT2D eigenvalue weighted by molar-refractivity contribution is 5.70. The second-order valence-electron chi connectivity index (χ2n) is 16.2. The molecule has 0 aromatic heterocycles. The van der Waals surface area contributed by atoms with E-state index in [1.54, 1.807) is 0 Å². The predicted molar refractivity (Wildman–Crippen MR) is 220 cm³/mol. The minimum absolute atomic E-state index is 0.167. The number of ether oxygens (including phenoxy) is 6. The van der Waals surface area contributed by atoms with Gasteiger partial charge in [-0.25, -0.2) is 0 Å². The number of aliphatic hydroxyl groups is 7. The van der Waals surface area contributed by atoms with Gasteiger partial charge in [0.25, 0.3) is 0 Å². The van der Waals surface area contributed by atoms with Crippen LogP contribution in [0.4, 0.5) is 0 Å². The second kappa shape index (κ2) is 32.9. The maximum atomic E-state index is 12.9. The van der Waals surface area contributed by atoms with Crippen molar-refractivity contribution in [2.24, 2.45) is 0 Å². The molecule has 2 heterocycles. The summed E-state index contributed by atoms with van der Waals surface area (Å²) in [6, 6.07) is 0. The molecule has 4 unspecified atom stereocenters. The molecule has 2 aliphatic heterocycles. The number of hydrogen-bond acceptors (Lipinski definition) is 15. The number of esters is 2. The maximum Gasteiger partial charge on any atom is 0.306 e. The average Bonchev–Trinajstić information content (AvgIpc) is 3.23. The average molecular weight is 849 g/mol. The first kappa shape index (κ1) is 53.4. The van der Waals surface area contributed by atoms with E-state index in [9.17, 15) is 45.3 Å². The highest BCUT2D eigenvalue weighted by atomic mass is 16.7. The molecule has 7 N–H and O–H groups in total. The molecule has 11 atom stereocenters. The van der Waals surface area contributed by atoms with Gasteiger partial charge in [-0.05, 0) is 38.5 Å². The van der Waals surface area contributed by atoms with Crippen LogP contribution in [0, 0.1) is 0 Å². The van der Waals surface area contributed by atoms with Crippen LogP contribution in [0.1, 0.15) is 162 Å². The molecule has 2 saturated heterocycles. The van der Waals surface area contributed by atoms with Gasteiger partial charge in [0.1, 0.15) is 55.4 Å². The zero-order valence-electron chi connectivity index (χ0n) is 36.0. The Bertz CT molecular complexity index is 1090. The summed E-state index contributed by atoms with van der Waals surface area (Å²) in [5.41, 5.74) is 0. The maximum absolute atomic E-state index is 12.9. The van der Waals surface area contributed by atoms with Crippen LogP contribution in [0.3, 0.4) is 0 Å². The van der Waals surface area contributed by atoms with Gasteiger partial charge >= 0.3 is 11.9 Å². The van der Waals surface area contributed by atoms with Crippen LogP contribution in [0.25, 0.3) is 0 Å². The number of carbonyl (C=O) groups excluding carboxylic acids is 2. The van der Waals surface area contributed by atoms with E-state index in [-0.39, 0.29) is 26.1 Å². The Labute approximate surface area is 352 Å². The van der Waals surface area contributed by atoms with Gasteiger partial charge in [-0.1, -0.05) is 122 Å². The zero-order chi connectivity index (χ0) is 43.3. The first-order valence-corrected chi connectivity index (χ1v) is 22.8. The van der Waals surface area contributed by atoms with Gasteiger partial charge in [0.05, 0.1) is 19.8 Å². The van der Waals surface area contributed by atoms with Gasteiger partial charge in [-0.2, -0.15) is 0 Å². The molecule has 0 saturated carbocycles. The monoisotopic (exact) mass is 849 g/mol. The summed E-state index contributed by atoms with van der Waals surface area (Å²) in [5, 5.41) is 71.8.